The first-order valence-corrected chi connectivity index (χ1v) is 7.14. The Balaban J connectivity index is 2.28. The average molecular weight is 303 g/mol. The van der Waals surface area contributed by atoms with Gasteiger partial charge in [0.1, 0.15) is 11.4 Å². The van der Waals surface area contributed by atoms with Crippen molar-refractivity contribution in [3.63, 3.8) is 0 Å². The zero-order valence-corrected chi connectivity index (χ0v) is 12.9. The van der Waals surface area contributed by atoms with Gasteiger partial charge in [0.25, 0.3) is 0 Å². The molecule has 2 aromatic rings. The van der Waals surface area contributed by atoms with E-state index in [2.05, 4.69) is 17.2 Å². The van der Waals surface area contributed by atoms with E-state index in [4.69, 9.17) is 15.4 Å². The summed E-state index contributed by atoms with van der Waals surface area (Å²) in [5.41, 5.74) is 2.63. The minimum atomic E-state index is -0.488. The zero-order valence-electron chi connectivity index (χ0n) is 12.9. The summed E-state index contributed by atoms with van der Waals surface area (Å²) >= 11 is 0. The highest BCUT2D eigenvalue weighted by molar-refractivity contribution is 5.82. The molecule has 1 aromatic heterocycles. The number of rotatable bonds is 2. The summed E-state index contributed by atoms with van der Waals surface area (Å²) in [6, 6.07) is 15.2. The molecule has 112 valence electrons. The molecule has 0 amide bonds. The van der Waals surface area contributed by atoms with E-state index >= 15 is 0 Å². The summed E-state index contributed by atoms with van der Waals surface area (Å²) in [5, 5.41) is 20.2. The highest BCUT2D eigenvalue weighted by atomic mass is 16.5. The number of hydrogen-bond acceptors (Lipinski definition) is 4. The predicted octanol–water partition coefficient (Wildman–Crippen LogP) is 2.96. The average Bonchev–Trinajstić information content (AvgIpc) is 2.54. The standard InChI is InChI=1S/C18H15N4O/c1-18(2)10-15(16-5-3-4-8-22(16)21-12-20)14-9-13(11-19)6-7-17(14)23-18/h3-10,20H,1-2H3/q+1. The van der Waals surface area contributed by atoms with Crippen LogP contribution in [0, 0.1) is 16.7 Å². The molecule has 3 rings (SSSR count). The van der Waals surface area contributed by atoms with E-state index in [0.29, 0.717) is 5.56 Å². The Morgan fingerprint density at radius 3 is 2.83 bits per heavy atom. The second kappa shape index (κ2) is 5.53. The Morgan fingerprint density at radius 2 is 2.09 bits per heavy atom. The normalized spacial score (nSPS) is 14.6. The van der Waals surface area contributed by atoms with Crippen molar-refractivity contribution in [1.82, 2.24) is 0 Å². The largest absolute Gasteiger partial charge is 0.483 e. The number of nitrogens with zero attached hydrogens (tertiary/aromatic N) is 3. The van der Waals surface area contributed by atoms with Crippen molar-refractivity contribution in [2.45, 2.75) is 19.4 Å². The number of nitriles is 1. The highest BCUT2D eigenvalue weighted by Crippen LogP contribution is 2.38. The maximum Gasteiger partial charge on any atom is 0.246 e. The number of ether oxygens (including phenoxy) is 1. The summed E-state index contributed by atoms with van der Waals surface area (Å²) in [6.07, 6.45) is 3.76. The van der Waals surface area contributed by atoms with Crippen molar-refractivity contribution in [3.05, 3.63) is 65.5 Å². The van der Waals surface area contributed by atoms with Crippen LogP contribution in [0.5, 0.6) is 5.75 Å². The van der Waals surface area contributed by atoms with Crippen LogP contribution >= 0.6 is 0 Å². The van der Waals surface area contributed by atoms with Gasteiger partial charge in [-0.2, -0.15) is 5.26 Å². The van der Waals surface area contributed by atoms with Crippen LogP contribution in [0.25, 0.3) is 5.57 Å². The third-order valence-corrected chi connectivity index (χ3v) is 3.54. The molecule has 0 aliphatic carbocycles. The van der Waals surface area contributed by atoms with Crippen LogP contribution in [0.4, 0.5) is 0 Å². The molecule has 0 unspecified atom stereocenters. The van der Waals surface area contributed by atoms with Crippen molar-refractivity contribution in [1.29, 1.82) is 10.7 Å². The van der Waals surface area contributed by atoms with Gasteiger partial charge in [-0.15, -0.1) is 0 Å². The Hall–Kier alpha value is -3.22. The molecule has 0 atom stereocenters. The first-order chi connectivity index (χ1) is 11.0. The fourth-order valence-corrected chi connectivity index (χ4v) is 2.64. The Morgan fingerprint density at radius 1 is 1.26 bits per heavy atom. The van der Waals surface area contributed by atoms with Gasteiger partial charge in [0.2, 0.25) is 11.9 Å². The maximum atomic E-state index is 9.17. The molecule has 5 nitrogen and oxygen atoms in total. The Labute approximate surface area is 134 Å². The van der Waals surface area contributed by atoms with Gasteiger partial charge in [-0.3, -0.25) is 0 Å². The Bertz CT molecular complexity index is 899. The van der Waals surface area contributed by atoms with Crippen LogP contribution in [0.2, 0.25) is 0 Å². The van der Waals surface area contributed by atoms with Crippen LogP contribution in [0.1, 0.15) is 30.7 Å². The Kier molecular flexibility index (Phi) is 3.53. The smallest absolute Gasteiger partial charge is 0.246 e. The molecule has 0 fully saturated rings. The van der Waals surface area contributed by atoms with Gasteiger partial charge in [0.05, 0.1) is 22.3 Å². The van der Waals surface area contributed by atoms with Crippen molar-refractivity contribution in [3.8, 4) is 11.8 Å². The molecule has 2 heterocycles. The summed E-state index contributed by atoms with van der Waals surface area (Å²) in [7, 11) is 0. The van der Waals surface area contributed by atoms with Crippen molar-refractivity contribution >= 4 is 11.6 Å². The van der Waals surface area contributed by atoms with E-state index in [1.807, 2.05) is 50.3 Å². The quantitative estimate of drug-likeness (QED) is 0.684. The van der Waals surface area contributed by atoms with Crippen LogP contribution in [-0.4, -0.2) is 11.6 Å². The lowest BCUT2D eigenvalue weighted by molar-refractivity contribution is -0.680. The molecule has 0 radical (unpaired) electrons. The van der Waals surface area contributed by atoms with E-state index in [9.17, 15) is 0 Å². The fraction of sp³-hybridized carbons (Fsp3) is 0.167. The molecule has 1 aliphatic heterocycles. The van der Waals surface area contributed by atoms with Gasteiger partial charge in [-0.05, 0) is 48.9 Å². The van der Waals surface area contributed by atoms with Gasteiger partial charge in [0.15, 0.2) is 6.01 Å². The molecule has 0 bridgehead atoms. The van der Waals surface area contributed by atoms with Crippen LogP contribution in [0.15, 0.2) is 53.8 Å². The predicted molar refractivity (Wildman–Crippen MR) is 85.1 cm³/mol. The first kappa shape index (κ1) is 14.7. The van der Waals surface area contributed by atoms with E-state index in [1.165, 1.54) is 0 Å². The SMILES string of the molecule is CC1(C)C=C(c2cccc[n+]2N=C=N)c2cc(C#N)ccc2O1. The van der Waals surface area contributed by atoms with E-state index in [1.54, 1.807) is 16.9 Å². The fourth-order valence-electron chi connectivity index (χ4n) is 2.64. The zero-order chi connectivity index (χ0) is 16.4. The van der Waals surface area contributed by atoms with Crippen LogP contribution in [-0.2, 0) is 0 Å². The number of nitrogens with one attached hydrogen (secondary N) is 1. The molecular formula is C18H15N4O+. The lowest BCUT2D eigenvalue weighted by Crippen LogP contribution is -2.35. The minimum Gasteiger partial charge on any atom is -0.483 e. The van der Waals surface area contributed by atoms with Gasteiger partial charge in [-0.1, -0.05) is 0 Å². The number of aromatic nitrogens is 1. The number of pyridine rings is 1. The molecule has 1 N–H and O–H groups in total. The molecule has 1 aromatic carbocycles. The maximum absolute atomic E-state index is 9.17. The van der Waals surface area contributed by atoms with E-state index in [-0.39, 0.29) is 0 Å². The van der Waals surface area contributed by atoms with Gasteiger partial charge in [0, 0.05) is 17.7 Å². The third kappa shape index (κ3) is 2.76. The summed E-state index contributed by atoms with van der Waals surface area (Å²) in [5.74, 6) is 0.723. The topological polar surface area (TPSA) is 73.1 Å². The van der Waals surface area contributed by atoms with Gasteiger partial charge >= 0.3 is 0 Å². The van der Waals surface area contributed by atoms with Crippen LogP contribution < -0.4 is 9.41 Å². The third-order valence-electron chi connectivity index (χ3n) is 3.54. The van der Waals surface area contributed by atoms with Gasteiger partial charge in [-0.25, -0.2) is 5.41 Å². The molecule has 0 spiro atoms. The van der Waals surface area contributed by atoms with E-state index < -0.39 is 5.60 Å². The first-order valence-electron chi connectivity index (χ1n) is 7.14. The number of benzene rings is 1. The lowest BCUT2D eigenvalue weighted by atomic mass is 9.91. The molecular weight excluding hydrogens is 288 g/mol. The lowest BCUT2D eigenvalue weighted by Gasteiger charge is -2.30. The van der Waals surface area contributed by atoms with Crippen molar-refractivity contribution in [2.24, 2.45) is 5.10 Å². The van der Waals surface area contributed by atoms with Crippen molar-refractivity contribution < 1.29 is 9.41 Å². The van der Waals surface area contributed by atoms with Crippen LogP contribution in [0.3, 0.4) is 0 Å². The molecule has 0 saturated carbocycles. The second-order valence-corrected chi connectivity index (χ2v) is 5.73. The molecule has 23 heavy (non-hydrogen) atoms. The molecule has 5 heteroatoms. The highest BCUT2D eigenvalue weighted by Gasteiger charge is 2.31. The second-order valence-electron chi connectivity index (χ2n) is 5.73. The number of fused-ring (bicyclic) bond motifs is 1. The molecule has 1 aliphatic rings. The monoisotopic (exact) mass is 303 g/mol. The van der Waals surface area contributed by atoms with Gasteiger partial charge < -0.3 is 4.74 Å². The minimum absolute atomic E-state index is 0.488. The summed E-state index contributed by atoms with van der Waals surface area (Å²) in [4.78, 5) is 0. The summed E-state index contributed by atoms with van der Waals surface area (Å²) < 4.78 is 7.58. The van der Waals surface area contributed by atoms with E-state index in [0.717, 1.165) is 22.6 Å². The molecule has 0 saturated heterocycles. The van der Waals surface area contributed by atoms with Crippen molar-refractivity contribution in [2.75, 3.05) is 0 Å². The summed E-state index contributed by atoms with van der Waals surface area (Å²) in [6.45, 7) is 3.95. The number of hydrogen-bond donors (Lipinski definition) is 1.